The smallest absolute Gasteiger partial charge is 0.319 e. The van der Waals surface area contributed by atoms with Gasteiger partial charge in [0.15, 0.2) is 0 Å². The van der Waals surface area contributed by atoms with Gasteiger partial charge in [-0.3, -0.25) is 10.3 Å². The number of nitrogens with zero attached hydrogens (tertiary/aromatic N) is 3. The summed E-state index contributed by atoms with van der Waals surface area (Å²) < 4.78 is 5.89. The maximum absolute atomic E-state index is 12.1. The van der Waals surface area contributed by atoms with E-state index < -0.39 is 0 Å². The molecule has 3 heterocycles. The summed E-state index contributed by atoms with van der Waals surface area (Å²) in [6.07, 6.45) is 4.67. The van der Waals surface area contributed by atoms with Crippen LogP contribution in [0.25, 0.3) is 0 Å². The predicted octanol–water partition coefficient (Wildman–Crippen LogP) is 0.486. The molecule has 0 aromatic carbocycles. The van der Waals surface area contributed by atoms with Gasteiger partial charge < -0.3 is 26.0 Å². The summed E-state index contributed by atoms with van der Waals surface area (Å²) in [4.78, 5) is 20.2. The monoisotopic (exact) mass is 396 g/mol. The summed E-state index contributed by atoms with van der Waals surface area (Å²) in [5.74, 6) is 0.696. The van der Waals surface area contributed by atoms with Crippen molar-refractivity contribution in [1.82, 2.24) is 25.9 Å². The summed E-state index contributed by atoms with van der Waals surface area (Å²) >= 11 is 0. The molecule has 0 spiro atoms. The number of amides is 2. The maximum atomic E-state index is 12.1. The van der Waals surface area contributed by atoms with Crippen LogP contribution < -0.4 is 26.6 Å². The van der Waals surface area contributed by atoms with Crippen molar-refractivity contribution in [2.45, 2.75) is 12.1 Å². The summed E-state index contributed by atoms with van der Waals surface area (Å²) in [6, 6.07) is 8.66. The summed E-state index contributed by atoms with van der Waals surface area (Å²) in [5.41, 5.74) is 1.17. The van der Waals surface area contributed by atoms with Gasteiger partial charge in [-0.25, -0.2) is 9.78 Å². The lowest BCUT2D eigenvalue weighted by Gasteiger charge is -2.21. The Morgan fingerprint density at radius 3 is 3.00 bits per heavy atom. The Balaban J connectivity index is 1.30. The molecule has 10 nitrogen and oxygen atoms in total. The number of carbonyl (C=O) groups excluding carboxylic acids is 1. The number of urea groups is 1. The fourth-order valence-corrected chi connectivity index (χ4v) is 2.83. The van der Waals surface area contributed by atoms with Crippen LogP contribution >= 0.6 is 0 Å². The van der Waals surface area contributed by atoms with Crippen LogP contribution in [-0.4, -0.2) is 61.1 Å². The molecule has 1 fully saturated rings. The third-order valence-electron chi connectivity index (χ3n) is 4.29. The lowest BCUT2D eigenvalue weighted by molar-refractivity contribution is 0.0540. The highest BCUT2D eigenvalue weighted by Gasteiger charge is 2.29. The first-order chi connectivity index (χ1) is 14.2. The average molecular weight is 396 g/mol. The van der Waals surface area contributed by atoms with Crippen LogP contribution in [0.2, 0.25) is 0 Å². The molecule has 0 bridgehead atoms. The predicted molar refractivity (Wildman–Crippen MR) is 108 cm³/mol. The van der Waals surface area contributed by atoms with Crippen LogP contribution in [0.3, 0.4) is 0 Å². The largest absolute Gasteiger partial charge is 0.373 e. The number of pyridine rings is 2. The third kappa shape index (κ3) is 6.69. The molecule has 2 aromatic rings. The van der Waals surface area contributed by atoms with Crippen molar-refractivity contribution in [1.29, 1.82) is 5.26 Å². The minimum atomic E-state index is -0.280. The van der Waals surface area contributed by atoms with Crippen molar-refractivity contribution in [2.75, 3.05) is 43.5 Å². The zero-order chi connectivity index (χ0) is 20.3. The zero-order valence-corrected chi connectivity index (χ0v) is 15.9. The van der Waals surface area contributed by atoms with Crippen LogP contribution in [0.15, 0.2) is 42.9 Å². The van der Waals surface area contributed by atoms with E-state index in [0.29, 0.717) is 50.0 Å². The average Bonchev–Trinajstić information content (AvgIpc) is 3.18. The quantitative estimate of drug-likeness (QED) is 0.305. The minimum Gasteiger partial charge on any atom is -0.373 e. The van der Waals surface area contributed by atoms with Crippen LogP contribution in [0.5, 0.6) is 0 Å². The summed E-state index contributed by atoms with van der Waals surface area (Å²) in [6.45, 7) is 3.03. The second-order valence-electron chi connectivity index (χ2n) is 6.41. The number of ether oxygens (including phenoxy) is 1. The van der Waals surface area contributed by atoms with E-state index in [4.69, 9.17) is 10.00 Å². The van der Waals surface area contributed by atoms with E-state index in [9.17, 15) is 4.79 Å². The Morgan fingerprint density at radius 2 is 2.24 bits per heavy atom. The first kappa shape index (κ1) is 20.5. The number of carbonyl (C=O) groups is 1. The molecule has 1 saturated heterocycles. The van der Waals surface area contributed by atoms with Crippen molar-refractivity contribution in [3.05, 3.63) is 48.4 Å². The van der Waals surface area contributed by atoms with Gasteiger partial charge in [-0.2, -0.15) is 5.26 Å². The normalized spacial score (nSPS) is 18.0. The molecule has 2 aromatic heterocycles. The number of nitrogens with one attached hydrogen (secondary N) is 5. The van der Waals surface area contributed by atoms with Gasteiger partial charge in [0.1, 0.15) is 11.9 Å². The Morgan fingerprint density at radius 1 is 1.31 bits per heavy atom. The number of rotatable bonds is 9. The fraction of sp³-hybridized carbons (Fsp3) is 0.368. The summed E-state index contributed by atoms with van der Waals surface area (Å²) in [5, 5.41) is 24.0. The van der Waals surface area contributed by atoms with E-state index in [-0.39, 0.29) is 18.2 Å². The standard InChI is InChI=1S/C19H24N8O2/c20-8-14-3-4-18(24-9-14)25-13-22-6-7-29-17-12-23-11-16(17)27-19(28)26-15-2-1-5-21-10-15/h1-5,9-10,16-17,22-23H,6-7,11-13H2,(H,24,25)(H2,26,27,28). The molecule has 29 heavy (non-hydrogen) atoms. The Bertz CT molecular complexity index is 809. The van der Waals surface area contributed by atoms with Crippen molar-refractivity contribution < 1.29 is 9.53 Å². The molecule has 10 heteroatoms. The highest BCUT2D eigenvalue weighted by atomic mass is 16.5. The van der Waals surface area contributed by atoms with E-state index in [0.717, 1.165) is 0 Å². The lowest BCUT2D eigenvalue weighted by Crippen LogP contribution is -2.46. The van der Waals surface area contributed by atoms with Crippen LogP contribution in [0.4, 0.5) is 16.3 Å². The van der Waals surface area contributed by atoms with Crippen LogP contribution in [0.1, 0.15) is 5.56 Å². The molecular weight excluding hydrogens is 372 g/mol. The topological polar surface area (TPSA) is 136 Å². The van der Waals surface area contributed by atoms with Crippen molar-refractivity contribution >= 4 is 17.5 Å². The molecule has 0 radical (unpaired) electrons. The minimum absolute atomic E-state index is 0.0930. The molecule has 5 N–H and O–H groups in total. The van der Waals surface area contributed by atoms with Crippen LogP contribution in [-0.2, 0) is 4.74 Å². The maximum Gasteiger partial charge on any atom is 0.319 e. The second kappa shape index (κ2) is 10.9. The van der Waals surface area contributed by atoms with Gasteiger partial charge in [-0.15, -0.1) is 0 Å². The fourth-order valence-electron chi connectivity index (χ4n) is 2.83. The van der Waals surface area contributed by atoms with Crippen molar-refractivity contribution in [3.8, 4) is 6.07 Å². The number of hydrogen-bond donors (Lipinski definition) is 5. The summed E-state index contributed by atoms with van der Waals surface area (Å²) in [7, 11) is 0. The molecule has 152 valence electrons. The number of nitriles is 1. The number of anilines is 2. The van der Waals surface area contributed by atoms with Gasteiger partial charge in [-0.05, 0) is 24.3 Å². The molecule has 1 aliphatic rings. The zero-order valence-electron chi connectivity index (χ0n) is 15.9. The Hall–Kier alpha value is -3.26. The molecule has 2 unspecified atom stereocenters. The third-order valence-corrected chi connectivity index (χ3v) is 4.29. The molecule has 0 saturated carbocycles. The van der Waals surface area contributed by atoms with E-state index in [1.54, 1.807) is 36.7 Å². The highest BCUT2D eigenvalue weighted by Crippen LogP contribution is 2.07. The van der Waals surface area contributed by atoms with E-state index in [2.05, 4.69) is 36.6 Å². The number of aromatic nitrogens is 2. The van der Waals surface area contributed by atoms with E-state index in [1.807, 2.05) is 6.07 Å². The van der Waals surface area contributed by atoms with E-state index in [1.165, 1.54) is 6.20 Å². The van der Waals surface area contributed by atoms with Crippen LogP contribution in [0, 0.1) is 11.3 Å². The highest BCUT2D eigenvalue weighted by molar-refractivity contribution is 5.89. The first-order valence-corrected chi connectivity index (χ1v) is 9.35. The van der Waals surface area contributed by atoms with Crippen molar-refractivity contribution in [2.24, 2.45) is 0 Å². The number of hydrogen-bond acceptors (Lipinski definition) is 8. The van der Waals surface area contributed by atoms with Gasteiger partial charge in [0.25, 0.3) is 0 Å². The molecule has 1 aliphatic heterocycles. The van der Waals surface area contributed by atoms with E-state index >= 15 is 0 Å². The molecule has 0 aliphatic carbocycles. The van der Waals surface area contributed by atoms with Gasteiger partial charge in [0.05, 0.1) is 42.9 Å². The van der Waals surface area contributed by atoms with Gasteiger partial charge in [0, 0.05) is 32.0 Å². The first-order valence-electron chi connectivity index (χ1n) is 9.35. The Labute approximate surface area is 169 Å². The molecule has 3 rings (SSSR count). The lowest BCUT2D eigenvalue weighted by atomic mass is 10.2. The molecule has 2 atom stereocenters. The molecular formula is C19H24N8O2. The van der Waals surface area contributed by atoms with Crippen molar-refractivity contribution in [3.63, 3.8) is 0 Å². The Kier molecular flexibility index (Phi) is 7.71. The van der Waals surface area contributed by atoms with Gasteiger partial charge >= 0.3 is 6.03 Å². The van der Waals surface area contributed by atoms with Gasteiger partial charge in [-0.1, -0.05) is 0 Å². The molecule has 2 amide bonds. The SMILES string of the molecule is N#Cc1ccc(NCNCCOC2CNCC2NC(=O)Nc2cccnc2)nc1. The second-order valence-corrected chi connectivity index (χ2v) is 6.41. The van der Waals surface area contributed by atoms with Gasteiger partial charge in [0.2, 0.25) is 0 Å².